The molecule has 2 aromatic rings. The van der Waals surface area contributed by atoms with Gasteiger partial charge in [0.15, 0.2) is 0 Å². The lowest BCUT2D eigenvalue weighted by atomic mass is 9.87. The lowest BCUT2D eigenvalue weighted by molar-refractivity contribution is 0.518. The highest BCUT2D eigenvalue weighted by atomic mass is 14.3. The standard InChI is InChI=1S/C22H22/c1-22(2,3)19-10-8-16(14-19)15-9-11-21-18(12-15)13-17-6-4-5-7-20(17)21/h4-7,9-12,14H,8,13H2,1-3H3. The van der Waals surface area contributed by atoms with Gasteiger partial charge in [-0.3, -0.25) is 0 Å². The van der Waals surface area contributed by atoms with Crippen LogP contribution in [0, 0.1) is 5.41 Å². The van der Waals surface area contributed by atoms with Gasteiger partial charge in [-0.2, -0.15) is 0 Å². The quantitative estimate of drug-likeness (QED) is 0.513. The first-order valence-corrected chi connectivity index (χ1v) is 8.15. The monoisotopic (exact) mass is 286 g/mol. The van der Waals surface area contributed by atoms with Gasteiger partial charge in [0.2, 0.25) is 0 Å². The fourth-order valence-corrected chi connectivity index (χ4v) is 3.59. The molecule has 0 atom stereocenters. The van der Waals surface area contributed by atoms with E-state index in [-0.39, 0.29) is 5.41 Å². The van der Waals surface area contributed by atoms with Crippen molar-refractivity contribution < 1.29 is 0 Å². The van der Waals surface area contributed by atoms with Crippen molar-refractivity contribution in [3.05, 3.63) is 76.9 Å². The van der Waals surface area contributed by atoms with E-state index in [4.69, 9.17) is 0 Å². The molecule has 0 nitrogen and oxygen atoms in total. The smallest absolute Gasteiger partial charge is 0.00132 e. The van der Waals surface area contributed by atoms with Crippen LogP contribution in [0.4, 0.5) is 0 Å². The largest absolute Gasteiger partial charge is 0.0763 e. The van der Waals surface area contributed by atoms with Crippen LogP contribution in [0.3, 0.4) is 0 Å². The van der Waals surface area contributed by atoms with Crippen molar-refractivity contribution in [3.8, 4) is 11.1 Å². The summed E-state index contributed by atoms with van der Waals surface area (Å²) in [5.74, 6) is 0. The van der Waals surface area contributed by atoms with Gasteiger partial charge in [-0.25, -0.2) is 0 Å². The van der Waals surface area contributed by atoms with Crippen molar-refractivity contribution in [2.45, 2.75) is 33.6 Å². The van der Waals surface area contributed by atoms with E-state index < -0.39 is 0 Å². The fraction of sp³-hybridized carbons (Fsp3) is 0.273. The van der Waals surface area contributed by atoms with Crippen molar-refractivity contribution in [2.75, 3.05) is 0 Å². The second kappa shape index (κ2) is 4.71. The lowest BCUT2D eigenvalue weighted by Crippen LogP contribution is -2.05. The van der Waals surface area contributed by atoms with Crippen LogP contribution < -0.4 is 0 Å². The van der Waals surface area contributed by atoms with Crippen molar-refractivity contribution in [2.24, 2.45) is 5.41 Å². The van der Waals surface area contributed by atoms with Gasteiger partial charge in [-0.1, -0.05) is 75.4 Å². The summed E-state index contributed by atoms with van der Waals surface area (Å²) in [5.41, 5.74) is 10.3. The van der Waals surface area contributed by atoms with Crippen LogP contribution in [-0.4, -0.2) is 0 Å². The predicted octanol–water partition coefficient (Wildman–Crippen LogP) is 6.02. The first-order chi connectivity index (χ1) is 10.5. The van der Waals surface area contributed by atoms with E-state index in [0.29, 0.717) is 0 Å². The highest BCUT2D eigenvalue weighted by Gasteiger charge is 2.22. The van der Waals surface area contributed by atoms with Gasteiger partial charge in [0.1, 0.15) is 0 Å². The summed E-state index contributed by atoms with van der Waals surface area (Å²) in [4.78, 5) is 0. The van der Waals surface area contributed by atoms with Gasteiger partial charge in [-0.15, -0.1) is 0 Å². The summed E-state index contributed by atoms with van der Waals surface area (Å²) < 4.78 is 0. The zero-order valence-corrected chi connectivity index (χ0v) is 13.6. The van der Waals surface area contributed by atoms with Crippen molar-refractivity contribution in [3.63, 3.8) is 0 Å². The molecule has 0 saturated carbocycles. The molecular weight excluding hydrogens is 264 g/mol. The summed E-state index contributed by atoms with van der Waals surface area (Å²) in [7, 11) is 0. The Kier molecular flexibility index (Phi) is 2.91. The molecule has 0 heteroatoms. The average molecular weight is 286 g/mol. The van der Waals surface area contributed by atoms with Gasteiger partial charge in [-0.05, 0) is 57.2 Å². The molecule has 0 aromatic heterocycles. The van der Waals surface area contributed by atoms with E-state index in [1.54, 1.807) is 0 Å². The summed E-state index contributed by atoms with van der Waals surface area (Å²) in [6.07, 6.45) is 6.92. The van der Waals surface area contributed by atoms with E-state index in [9.17, 15) is 0 Å². The lowest BCUT2D eigenvalue weighted by Gasteiger charge is -2.18. The number of hydrogen-bond acceptors (Lipinski definition) is 0. The highest BCUT2D eigenvalue weighted by Crippen LogP contribution is 2.40. The molecule has 4 rings (SSSR count). The zero-order valence-electron chi connectivity index (χ0n) is 13.6. The zero-order chi connectivity index (χ0) is 15.3. The van der Waals surface area contributed by atoms with Crippen LogP contribution in [0.1, 0.15) is 43.9 Å². The van der Waals surface area contributed by atoms with E-state index in [0.717, 1.165) is 12.8 Å². The molecule has 0 spiro atoms. The van der Waals surface area contributed by atoms with E-state index in [1.165, 1.54) is 39.0 Å². The Labute approximate surface area is 133 Å². The Hall–Kier alpha value is -2.08. The highest BCUT2D eigenvalue weighted by molar-refractivity contribution is 5.81. The molecule has 0 aliphatic heterocycles. The molecule has 0 bridgehead atoms. The van der Waals surface area contributed by atoms with Crippen LogP contribution >= 0.6 is 0 Å². The second-order valence-electron chi connectivity index (χ2n) is 7.49. The molecule has 2 aliphatic carbocycles. The van der Waals surface area contributed by atoms with Gasteiger partial charge in [0, 0.05) is 0 Å². The molecule has 22 heavy (non-hydrogen) atoms. The number of rotatable bonds is 1. The topological polar surface area (TPSA) is 0 Å². The Morgan fingerprint density at radius 3 is 2.41 bits per heavy atom. The van der Waals surface area contributed by atoms with Gasteiger partial charge in [0.05, 0.1) is 0 Å². The Morgan fingerprint density at radius 2 is 1.64 bits per heavy atom. The Bertz CT molecular complexity index is 810. The molecular formula is C22H22. The molecule has 0 heterocycles. The van der Waals surface area contributed by atoms with Crippen molar-refractivity contribution in [1.82, 2.24) is 0 Å². The van der Waals surface area contributed by atoms with E-state index in [1.807, 2.05) is 0 Å². The van der Waals surface area contributed by atoms with Crippen LogP contribution in [0.2, 0.25) is 0 Å². The van der Waals surface area contributed by atoms with Crippen LogP contribution in [0.5, 0.6) is 0 Å². The number of allylic oxidation sites excluding steroid dienone is 4. The molecule has 0 amide bonds. The predicted molar refractivity (Wildman–Crippen MR) is 94.8 cm³/mol. The minimum atomic E-state index is 0.245. The number of fused-ring (bicyclic) bond motifs is 3. The first kappa shape index (κ1) is 13.6. The summed E-state index contributed by atoms with van der Waals surface area (Å²) in [6.45, 7) is 6.87. The SMILES string of the molecule is CC(C)(C)C1=CCC(c2ccc3c(c2)Cc2ccccc2-3)=C1. The van der Waals surface area contributed by atoms with Gasteiger partial charge >= 0.3 is 0 Å². The van der Waals surface area contributed by atoms with Gasteiger partial charge < -0.3 is 0 Å². The molecule has 2 aromatic carbocycles. The maximum Gasteiger partial charge on any atom is -0.00132 e. The van der Waals surface area contributed by atoms with Crippen LogP contribution in [0.15, 0.2) is 60.2 Å². The summed E-state index contributed by atoms with van der Waals surface area (Å²) >= 11 is 0. The summed E-state index contributed by atoms with van der Waals surface area (Å²) in [5, 5.41) is 0. The normalized spacial score (nSPS) is 16.1. The molecule has 2 aliphatic rings. The maximum atomic E-state index is 2.40. The third-order valence-electron chi connectivity index (χ3n) is 4.90. The molecule has 0 fully saturated rings. The van der Waals surface area contributed by atoms with E-state index >= 15 is 0 Å². The summed E-state index contributed by atoms with van der Waals surface area (Å²) in [6, 6.07) is 15.8. The third-order valence-corrected chi connectivity index (χ3v) is 4.90. The Morgan fingerprint density at radius 1 is 0.864 bits per heavy atom. The number of benzene rings is 2. The van der Waals surface area contributed by atoms with Crippen molar-refractivity contribution >= 4 is 5.57 Å². The Balaban J connectivity index is 1.69. The van der Waals surface area contributed by atoms with Crippen LogP contribution in [0.25, 0.3) is 16.7 Å². The van der Waals surface area contributed by atoms with E-state index in [2.05, 4.69) is 75.4 Å². The van der Waals surface area contributed by atoms with Crippen molar-refractivity contribution in [1.29, 1.82) is 0 Å². The molecule has 0 N–H and O–H groups in total. The number of hydrogen-bond donors (Lipinski definition) is 0. The first-order valence-electron chi connectivity index (χ1n) is 8.15. The van der Waals surface area contributed by atoms with Crippen LogP contribution in [-0.2, 0) is 6.42 Å². The molecule has 0 radical (unpaired) electrons. The third kappa shape index (κ3) is 2.14. The molecule has 110 valence electrons. The maximum absolute atomic E-state index is 2.40. The van der Waals surface area contributed by atoms with Gasteiger partial charge in [0.25, 0.3) is 0 Å². The fourth-order valence-electron chi connectivity index (χ4n) is 3.59. The average Bonchev–Trinajstić information content (AvgIpc) is 3.11. The molecule has 0 unspecified atom stereocenters. The minimum absolute atomic E-state index is 0.245. The second-order valence-corrected chi connectivity index (χ2v) is 7.49. The molecule has 0 saturated heterocycles. The minimum Gasteiger partial charge on any atom is -0.0763 e.